The first-order valence-corrected chi connectivity index (χ1v) is 7.34. The number of aliphatic hydroxyl groups excluding tert-OH is 1. The molecule has 0 amide bonds. The molecule has 0 atom stereocenters. The first-order valence-electron chi connectivity index (χ1n) is 7.34. The zero-order valence-electron chi connectivity index (χ0n) is 13.0. The average molecular weight is 314 g/mol. The Bertz CT molecular complexity index is 762. The van der Waals surface area contributed by atoms with Gasteiger partial charge in [0.1, 0.15) is 5.69 Å². The molecule has 0 saturated heterocycles. The molecule has 0 aliphatic carbocycles. The lowest BCUT2D eigenvalue weighted by atomic mass is 10.2. The van der Waals surface area contributed by atoms with Gasteiger partial charge in [-0.25, -0.2) is 4.68 Å². The van der Waals surface area contributed by atoms with Gasteiger partial charge in [0.2, 0.25) is 5.89 Å². The summed E-state index contributed by atoms with van der Waals surface area (Å²) in [5, 5.41) is 24.0. The van der Waals surface area contributed by atoms with Crippen molar-refractivity contribution >= 4 is 5.69 Å². The van der Waals surface area contributed by atoms with E-state index in [-0.39, 0.29) is 12.5 Å². The Balaban J connectivity index is 1.62. The molecule has 3 aromatic rings. The van der Waals surface area contributed by atoms with E-state index in [1.54, 1.807) is 10.9 Å². The topological polar surface area (TPSA) is 102 Å². The van der Waals surface area contributed by atoms with Gasteiger partial charge in [-0.3, -0.25) is 0 Å². The highest BCUT2D eigenvalue weighted by Crippen LogP contribution is 2.15. The van der Waals surface area contributed by atoms with Crippen molar-refractivity contribution in [2.75, 3.05) is 5.32 Å². The number of benzene rings is 1. The molecule has 8 nitrogen and oxygen atoms in total. The second kappa shape index (κ2) is 6.57. The molecule has 0 radical (unpaired) electrons. The lowest BCUT2D eigenvalue weighted by Crippen LogP contribution is -2.02. The van der Waals surface area contributed by atoms with E-state index in [4.69, 9.17) is 9.63 Å². The number of aliphatic hydroxyl groups is 1. The molecule has 0 spiro atoms. The van der Waals surface area contributed by atoms with E-state index in [0.717, 1.165) is 11.4 Å². The molecule has 120 valence electrons. The van der Waals surface area contributed by atoms with Gasteiger partial charge >= 0.3 is 0 Å². The molecule has 2 aromatic heterocycles. The van der Waals surface area contributed by atoms with Crippen LogP contribution in [0.2, 0.25) is 0 Å². The van der Waals surface area contributed by atoms with Gasteiger partial charge in [0, 0.05) is 11.6 Å². The number of nitrogens with zero attached hydrogens (tertiary/aromatic N) is 5. The fourth-order valence-electron chi connectivity index (χ4n) is 1.98. The molecule has 2 heterocycles. The summed E-state index contributed by atoms with van der Waals surface area (Å²) in [5.74, 6) is 1.49. The Hall–Kier alpha value is -2.74. The van der Waals surface area contributed by atoms with E-state index in [9.17, 15) is 0 Å². The zero-order valence-corrected chi connectivity index (χ0v) is 13.0. The minimum absolute atomic E-state index is 0.122. The monoisotopic (exact) mass is 314 g/mol. The van der Waals surface area contributed by atoms with E-state index in [1.807, 2.05) is 38.1 Å². The highest BCUT2D eigenvalue weighted by Gasteiger charge is 2.09. The molecule has 0 aliphatic heterocycles. The van der Waals surface area contributed by atoms with Gasteiger partial charge in [-0.15, -0.1) is 5.10 Å². The van der Waals surface area contributed by atoms with Gasteiger partial charge in [0.25, 0.3) is 0 Å². The minimum atomic E-state index is -0.122. The van der Waals surface area contributed by atoms with E-state index >= 15 is 0 Å². The summed E-state index contributed by atoms with van der Waals surface area (Å²) < 4.78 is 6.78. The van der Waals surface area contributed by atoms with Crippen molar-refractivity contribution in [1.82, 2.24) is 25.1 Å². The van der Waals surface area contributed by atoms with Gasteiger partial charge in [-0.1, -0.05) is 24.2 Å². The van der Waals surface area contributed by atoms with Crippen molar-refractivity contribution in [2.45, 2.75) is 32.9 Å². The van der Waals surface area contributed by atoms with Crippen molar-refractivity contribution in [1.29, 1.82) is 0 Å². The molecule has 0 unspecified atom stereocenters. The van der Waals surface area contributed by atoms with Crippen LogP contribution < -0.4 is 5.32 Å². The fraction of sp³-hybridized carbons (Fsp3) is 0.333. The van der Waals surface area contributed by atoms with Crippen LogP contribution in [-0.2, 0) is 13.2 Å². The number of nitrogens with one attached hydrogen (secondary N) is 1. The normalized spacial score (nSPS) is 11.1. The summed E-state index contributed by atoms with van der Waals surface area (Å²) in [4.78, 5) is 4.32. The Morgan fingerprint density at radius 3 is 2.65 bits per heavy atom. The molecule has 3 rings (SSSR count). The second-order valence-corrected chi connectivity index (χ2v) is 5.42. The summed E-state index contributed by atoms with van der Waals surface area (Å²) >= 11 is 0. The van der Waals surface area contributed by atoms with Crippen LogP contribution in [0, 0.1) is 0 Å². The summed E-state index contributed by atoms with van der Waals surface area (Å²) in [7, 11) is 0. The van der Waals surface area contributed by atoms with E-state index in [0.29, 0.717) is 24.0 Å². The number of hydrogen-bond donors (Lipinski definition) is 2. The maximum Gasteiger partial charge on any atom is 0.229 e. The van der Waals surface area contributed by atoms with Crippen molar-refractivity contribution in [3.63, 3.8) is 0 Å². The third-order valence-electron chi connectivity index (χ3n) is 3.26. The lowest BCUT2D eigenvalue weighted by molar-refractivity contribution is 0.276. The highest BCUT2D eigenvalue weighted by molar-refractivity contribution is 5.48. The summed E-state index contributed by atoms with van der Waals surface area (Å²) in [6.07, 6.45) is 1.69. The quantitative estimate of drug-likeness (QED) is 0.716. The highest BCUT2D eigenvalue weighted by atomic mass is 16.5. The number of aromatic nitrogens is 5. The van der Waals surface area contributed by atoms with Crippen LogP contribution in [0.1, 0.15) is 37.2 Å². The van der Waals surface area contributed by atoms with E-state index in [2.05, 4.69) is 25.8 Å². The molecular weight excluding hydrogens is 296 g/mol. The first-order chi connectivity index (χ1) is 11.2. The van der Waals surface area contributed by atoms with Crippen LogP contribution in [-0.4, -0.2) is 30.2 Å². The first kappa shape index (κ1) is 15.2. The molecule has 0 bridgehead atoms. The van der Waals surface area contributed by atoms with Crippen LogP contribution >= 0.6 is 0 Å². The SMILES string of the molecule is CC(C)c1nc(CNc2ccc(-n3cc(CO)nn3)cc2)no1. The third kappa shape index (κ3) is 3.54. The average Bonchev–Trinajstić information content (AvgIpc) is 3.23. The Kier molecular flexibility index (Phi) is 4.33. The van der Waals surface area contributed by atoms with Crippen molar-refractivity contribution in [2.24, 2.45) is 0 Å². The molecular formula is C15H18N6O2. The molecule has 2 N–H and O–H groups in total. The van der Waals surface area contributed by atoms with E-state index < -0.39 is 0 Å². The third-order valence-corrected chi connectivity index (χ3v) is 3.26. The van der Waals surface area contributed by atoms with Crippen LogP contribution in [0.3, 0.4) is 0 Å². The standard InChI is InChI=1S/C15H18N6O2/c1-10(2)15-17-14(19-23-15)7-16-11-3-5-13(6-4-11)21-8-12(9-22)18-20-21/h3-6,8,10,16,22H,7,9H2,1-2H3. The summed E-state index contributed by atoms with van der Waals surface area (Å²) in [5.41, 5.74) is 2.34. The predicted molar refractivity (Wildman–Crippen MR) is 83.0 cm³/mol. The van der Waals surface area contributed by atoms with Crippen molar-refractivity contribution in [3.05, 3.63) is 47.9 Å². The molecule has 8 heteroatoms. The van der Waals surface area contributed by atoms with Crippen LogP contribution in [0.4, 0.5) is 5.69 Å². The molecule has 23 heavy (non-hydrogen) atoms. The maximum absolute atomic E-state index is 9.01. The minimum Gasteiger partial charge on any atom is -0.390 e. The Labute approximate surface area is 133 Å². The number of rotatable bonds is 6. The van der Waals surface area contributed by atoms with Gasteiger partial charge in [0.15, 0.2) is 5.82 Å². The fourth-order valence-corrected chi connectivity index (χ4v) is 1.98. The second-order valence-electron chi connectivity index (χ2n) is 5.42. The number of hydrogen-bond acceptors (Lipinski definition) is 7. The van der Waals surface area contributed by atoms with Crippen LogP contribution in [0.5, 0.6) is 0 Å². The van der Waals surface area contributed by atoms with Gasteiger partial charge in [-0.2, -0.15) is 4.98 Å². The lowest BCUT2D eigenvalue weighted by Gasteiger charge is -2.05. The van der Waals surface area contributed by atoms with Crippen LogP contribution in [0.15, 0.2) is 35.0 Å². The molecule has 0 saturated carbocycles. The molecule has 0 aliphatic rings. The predicted octanol–water partition coefficient (Wildman–Crippen LogP) is 1.88. The van der Waals surface area contributed by atoms with Crippen molar-refractivity contribution < 1.29 is 9.63 Å². The van der Waals surface area contributed by atoms with E-state index in [1.165, 1.54) is 0 Å². The smallest absolute Gasteiger partial charge is 0.229 e. The zero-order chi connectivity index (χ0) is 16.2. The largest absolute Gasteiger partial charge is 0.390 e. The Morgan fingerprint density at radius 2 is 2.04 bits per heavy atom. The summed E-state index contributed by atoms with van der Waals surface area (Å²) in [6, 6.07) is 7.68. The van der Waals surface area contributed by atoms with Gasteiger partial charge < -0.3 is 14.9 Å². The van der Waals surface area contributed by atoms with Gasteiger partial charge in [-0.05, 0) is 24.3 Å². The number of anilines is 1. The van der Waals surface area contributed by atoms with Gasteiger partial charge in [0.05, 0.1) is 25.0 Å². The summed E-state index contributed by atoms with van der Waals surface area (Å²) in [6.45, 7) is 4.39. The van der Waals surface area contributed by atoms with Crippen molar-refractivity contribution in [3.8, 4) is 5.69 Å². The van der Waals surface area contributed by atoms with Crippen LogP contribution in [0.25, 0.3) is 5.69 Å². The molecule has 0 fully saturated rings. The Morgan fingerprint density at radius 1 is 1.26 bits per heavy atom. The maximum atomic E-state index is 9.01. The molecule has 1 aromatic carbocycles.